The van der Waals surface area contributed by atoms with Gasteiger partial charge in [-0.2, -0.15) is 0 Å². The number of benzene rings is 1. The minimum atomic E-state index is 1.08. The predicted molar refractivity (Wildman–Crippen MR) is 78.3 cm³/mol. The summed E-state index contributed by atoms with van der Waals surface area (Å²) in [5, 5.41) is 3.57. The van der Waals surface area contributed by atoms with Crippen LogP contribution in [0.3, 0.4) is 0 Å². The second kappa shape index (κ2) is 5.55. The number of rotatable bonds is 3. The lowest BCUT2D eigenvalue weighted by Crippen LogP contribution is -2.45. The molecule has 0 amide bonds. The Morgan fingerprint density at radius 2 is 1.67 bits per heavy atom. The molecule has 94 valence electrons. The van der Waals surface area contributed by atoms with Crippen LogP contribution in [-0.4, -0.2) is 31.1 Å². The number of hydrogen-bond acceptors (Lipinski definition) is 3. The van der Waals surface area contributed by atoms with Crippen LogP contribution in [0.1, 0.15) is 5.56 Å². The summed E-state index contributed by atoms with van der Waals surface area (Å²) in [5.41, 5.74) is 1.42. The number of thiophene rings is 1. The summed E-state index contributed by atoms with van der Waals surface area (Å²) in [4.78, 5) is 5.03. The van der Waals surface area contributed by atoms with E-state index in [4.69, 9.17) is 0 Å². The maximum atomic E-state index is 2.54. The van der Waals surface area contributed by atoms with Crippen molar-refractivity contribution in [1.29, 1.82) is 0 Å². The minimum Gasteiger partial charge on any atom is -0.361 e. The SMILES string of the molecule is c1ccc(CN2CCN(c3cccs3)CC2)cc1. The van der Waals surface area contributed by atoms with Crippen LogP contribution in [0.25, 0.3) is 0 Å². The van der Waals surface area contributed by atoms with Crippen LogP contribution in [-0.2, 0) is 6.54 Å². The number of hydrogen-bond donors (Lipinski definition) is 0. The van der Waals surface area contributed by atoms with Crippen molar-refractivity contribution in [3.05, 3.63) is 53.4 Å². The summed E-state index contributed by atoms with van der Waals surface area (Å²) in [7, 11) is 0. The first-order valence-corrected chi connectivity index (χ1v) is 7.34. The fourth-order valence-corrected chi connectivity index (χ4v) is 3.20. The second-order valence-corrected chi connectivity index (χ2v) is 5.63. The van der Waals surface area contributed by atoms with E-state index in [0.717, 1.165) is 32.7 Å². The molecule has 1 fully saturated rings. The average molecular weight is 258 g/mol. The second-order valence-electron chi connectivity index (χ2n) is 4.70. The summed E-state index contributed by atoms with van der Waals surface area (Å²) in [6.45, 7) is 5.69. The monoisotopic (exact) mass is 258 g/mol. The van der Waals surface area contributed by atoms with E-state index in [9.17, 15) is 0 Å². The van der Waals surface area contributed by atoms with Crippen LogP contribution in [0.15, 0.2) is 47.8 Å². The number of piperazine rings is 1. The Hall–Kier alpha value is -1.32. The van der Waals surface area contributed by atoms with Gasteiger partial charge in [-0.15, -0.1) is 11.3 Å². The summed E-state index contributed by atoms with van der Waals surface area (Å²) >= 11 is 1.84. The average Bonchev–Trinajstić information content (AvgIpc) is 2.95. The molecule has 0 radical (unpaired) electrons. The van der Waals surface area contributed by atoms with E-state index in [1.807, 2.05) is 11.3 Å². The first-order valence-electron chi connectivity index (χ1n) is 6.46. The fraction of sp³-hybridized carbons (Fsp3) is 0.333. The van der Waals surface area contributed by atoms with Crippen molar-refractivity contribution >= 4 is 16.3 Å². The molecule has 3 heteroatoms. The third-order valence-electron chi connectivity index (χ3n) is 3.44. The van der Waals surface area contributed by atoms with Gasteiger partial charge in [-0.25, -0.2) is 0 Å². The van der Waals surface area contributed by atoms with Gasteiger partial charge in [-0.1, -0.05) is 30.3 Å². The molecule has 0 aliphatic carbocycles. The maximum absolute atomic E-state index is 2.54. The molecule has 0 N–H and O–H groups in total. The van der Waals surface area contributed by atoms with E-state index >= 15 is 0 Å². The van der Waals surface area contributed by atoms with Gasteiger partial charge in [0, 0.05) is 32.7 Å². The van der Waals surface area contributed by atoms with E-state index in [-0.39, 0.29) is 0 Å². The predicted octanol–water partition coefficient (Wildman–Crippen LogP) is 3.07. The fourth-order valence-electron chi connectivity index (χ4n) is 2.42. The van der Waals surface area contributed by atoms with Crippen molar-refractivity contribution in [3.63, 3.8) is 0 Å². The van der Waals surface area contributed by atoms with Crippen molar-refractivity contribution in [2.45, 2.75) is 6.54 Å². The van der Waals surface area contributed by atoms with E-state index in [0.29, 0.717) is 0 Å². The van der Waals surface area contributed by atoms with Gasteiger partial charge in [-0.05, 0) is 23.1 Å². The van der Waals surface area contributed by atoms with Crippen LogP contribution in [0, 0.1) is 0 Å². The molecule has 0 bridgehead atoms. The molecule has 0 unspecified atom stereocenters. The standard InChI is InChI=1S/C15H18N2S/c1-2-5-14(6-3-1)13-16-8-10-17(11-9-16)15-7-4-12-18-15/h1-7,12H,8-11,13H2. The van der Waals surface area contributed by atoms with Gasteiger partial charge in [0.1, 0.15) is 0 Å². The molecule has 1 aliphatic rings. The summed E-state index contributed by atoms with van der Waals surface area (Å²) < 4.78 is 0. The molecule has 3 rings (SSSR count). The van der Waals surface area contributed by atoms with E-state index in [2.05, 4.69) is 57.6 Å². The first-order chi connectivity index (χ1) is 8.92. The molecular weight excluding hydrogens is 240 g/mol. The summed E-state index contributed by atoms with van der Waals surface area (Å²) in [5.74, 6) is 0. The molecule has 0 atom stereocenters. The summed E-state index contributed by atoms with van der Waals surface area (Å²) in [6.07, 6.45) is 0. The number of nitrogens with zero attached hydrogens (tertiary/aromatic N) is 2. The molecule has 2 aromatic rings. The Morgan fingerprint density at radius 1 is 0.889 bits per heavy atom. The zero-order valence-corrected chi connectivity index (χ0v) is 11.3. The van der Waals surface area contributed by atoms with Gasteiger partial charge in [-0.3, -0.25) is 4.90 Å². The normalized spacial score (nSPS) is 17.0. The Kier molecular flexibility index (Phi) is 3.62. The highest BCUT2D eigenvalue weighted by Gasteiger charge is 2.17. The van der Waals surface area contributed by atoms with E-state index in [1.165, 1.54) is 10.6 Å². The first kappa shape index (κ1) is 11.8. The molecule has 0 spiro atoms. The Morgan fingerprint density at radius 3 is 2.33 bits per heavy atom. The van der Waals surface area contributed by atoms with Gasteiger partial charge < -0.3 is 4.90 Å². The van der Waals surface area contributed by atoms with E-state index in [1.54, 1.807) is 0 Å². The zero-order valence-electron chi connectivity index (χ0n) is 10.5. The molecule has 2 heterocycles. The Bertz CT molecular complexity index is 459. The van der Waals surface area contributed by atoms with Gasteiger partial charge >= 0.3 is 0 Å². The van der Waals surface area contributed by atoms with Crippen LogP contribution < -0.4 is 4.90 Å². The quantitative estimate of drug-likeness (QED) is 0.835. The topological polar surface area (TPSA) is 6.48 Å². The van der Waals surface area contributed by atoms with Crippen LogP contribution in [0.4, 0.5) is 5.00 Å². The van der Waals surface area contributed by atoms with Crippen molar-refractivity contribution in [2.75, 3.05) is 31.1 Å². The zero-order chi connectivity index (χ0) is 12.2. The van der Waals surface area contributed by atoms with Crippen molar-refractivity contribution < 1.29 is 0 Å². The smallest absolute Gasteiger partial charge is 0.0909 e. The molecule has 18 heavy (non-hydrogen) atoms. The molecule has 1 aromatic heterocycles. The highest BCUT2D eigenvalue weighted by molar-refractivity contribution is 7.14. The third kappa shape index (κ3) is 2.74. The van der Waals surface area contributed by atoms with Crippen molar-refractivity contribution in [3.8, 4) is 0 Å². The van der Waals surface area contributed by atoms with Gasteiger partial charge in [0.2, 0.25) is 0 Å². The van der Waals surface area contributed by atoms with Crippen LogP contribution >= 0.6 is 11.3 Å². The third-order valence-corrected chi connectivity index (χ3v) is 4.37. The highest BCUT2D eigenvalue weighted by Crippen LogP contribution is 2.22. The lowest BCUT2D eigenvalue weighted by atomic mass is 10.2. The van der Waals surface area contributed by atoms with Crippen LogP contribution in [0.2, 0.25) is 0 Å². The van der Waals surface area contributed by atoms with Crippen LogP contribution in [0.5, 0.6) is 0 Å². The molecule has 0 saturated carbocycles. The molecule has 1 aliphatic heterocycles. The maximum Gasteiger partial charge on any atom is 0.0909 e. The molecule has 1 saturated heterocycles. The largest absolute Gasteiger partial charge is 0.361 e. The minimum absolute atomic E-state index is 1.08. The Labute approximate surface area is 112 Å². The lowest BCUT2D eigenvalue weighted by Gasteiger charge is -2.35. The lowest BCUT2D eigenvalue weighted by molar-refractivity contribution is 0.250. The van der Waals surface area contributed by atoms with Crippen molar-refractivity contribution in [2.24, 2.45) is 0 Å². The Balaban J connectivity index is 1.54. The van der Waals surface area contributed by atoms with Crippen molar-refractivity contribution in [1.82, 2.24) is 4.90 Å². The molecular formula is C15H18N2S. The van der Waals surface area contributed by atoms with E-state index < -0.39 is 0 Å². The molecule has 1 aromatic carbocycles. The summed E-state index contributed by atoms with van der Waals surface area (Å²) in [6, 6.07) is 15.1. The van der Waals surface area contributed by atoms with Gasteiger partial charge in [0.05, 0.1) is 5.00 Å². The van der Waals surface area contributed by atoms with Gasteiger partial charge in [0.15, 0.2) is 0 Å². The molecule has 2 nitrogen and oxygen atoms in total. The number of anilines is 1. The highest BCUT2D eigenvalue weighted by atomic mass is 32.1. The van der Waals surface area contributed by atoms with Gasteiger partial charge in [0.25, 0.3) is 0 Å².